The fourth-order valence-electron chi connectivity index (χ4n) is 2.41. The van der Waals surface area contributed by atoms with Gasteiger partial charge in [-0.1, -0.05) is 82.9 Å². The van der Waals surface area contributed by atoms with Gasteiger partial charge in [-0.25, -0.2) is 5.43 Å². The highest BCUT2D eigenvalue weighted by Crippen LogP contribution is 2.30. The van der Waals surface area contributed by atoms with Crippen molar-refractivity contribution in [1.82, 2.24) is 15.6 Å². The number of allylic oxidation sites excluding steroid dienone is 1. The largest absolute Gasteiger partial charge is 0.496 e. The first-order valence-corrected chi connectivity index (χ1v) is 12.2. The van der Waals surface area contributed by atoms with Crippen LogP contribution in [0.3, 0.4) is 0 Å². The summed E-state index contributed by atoms with van der Waals surface area (Å²) in [5, 5.41) is 12.3. The number of carbonyl (C=O) groups is 1. The second kappa shape index (κ2) is 12.3. The van der Waals surface area contributed by atoms with Gasteiger partial charge in [0.05, 0.1) is 12.9 Å². The Hall–Kier alpha value is -2.62. The molecular formula is C22H22N4O2S3. The van der Waals surface area contributed by atoms with Crippen molar-refractivity contribution in [2.75, 3.05) is 12.9 Å². The molecule has 31 heavy (non-hydrogen) atoms. The van der Waals surface area contributed by atoms with Crippen molar-refractivity contribution in [3.05, 3.63) is 71.3 Å². The van der Waals surface area contributed by atoms with Crippen LogP contribution in [-0.4, -0.2) is 35.2 Å². The fourth-order valence-corrected chi connectivity index (χ4v) is 5.17. The van der Waals surface area contributed by atoms with Gasteiger partial charge in [0, 0.05) is 17.5 Å². The van der Waals surface area contributed by atoms with E-state index in [1.807, 2.05) is 30.3 Å². The lowest BCUT2D eigenvalue weighted by atomic mass is 10.2. The van der Waals surface area contributed by atoms with Crippen molar-refractivity contribution in [2.45, 2.75) is 21.4 Å². The zero-order valence-electron chi connectivity index (χ0n) is 17.1. The molecule has 3 rings (SSSR count). The third-order valence-electron chi connectivity index (χ3n) is 3.96. The van der Waals surface area contributed by atoms with Crippen LogP contribution in [0.15, 0.2) is 68.4 Å². The number of thioether (sulfide) groups is 2. The average Bonchev–Trinajstić information content (AvgIpc) is 3.25. The van der Waals surface area contributed by atoms with Crippen LogP contribution < -0.4 is 10.2 Å². The first-order valence-electron chi connectivity index (χ1n) is 9.40. The summed E-state index contributed by atoms with van der Waals surface area (Å²) in [6.07, 6.45) is 5.13. The van der Waals surface area contributed by atoms with Crippen LogP contribution in [0.25, 0.3) is 6.08 Å². The van der Waals surface area contributed by atoms with Crippen LogP contribution in [0.4, 0.5) is 0 Å². The van der Waals surface area contributed by atoms with Gasteiger partial charge in [-0.3, -0.25) is 4.79 Å². The van der Waals surface area contributed by atoms with Gasteiger partial charge in [0.25, 0.3) is 5.91 Å². The van der Waals surface area contributed by atoms with Gasteiger partial charge in [-0.2, -0.15) is 5.10 Å². The number of nitrogens with one attached hydrogen (secondary N) is 1. The van der Waals surface area contributed by atoms with E-state index in [0.29, 0.717) is 0 Å². The summed E-state index contributed by atoms with van der Waals surface area (Å²) >= 11 is 4.49. The Balaban J connectivity index is 1.38. The maximum Gasteiger partial charge on any atom is 0.250 e. The normalized spacial score (nSPS) is 11.3. The molecule has 0 saturated heterocycles. The fraction of sp³-hybridized carbons (Fsp3) is 0.182. The summed E-state index contributed by atoms with van der Waals surface area (Å²) in [6.45, 7) is 2.07. The van der Waals surface area contributed by atoms with E-state index < -0.39 is 0 Å². The Bertz CT molecular complexity index is 1050. The molecule has 1 N–H and O–H groups in total. The number of aromatic nitrogens is 2. The van der Waals surface area contributed by atoms with Crippen molar-refractivity contribution < 1.29 is 9.53 Å². The van der Waals surface area contributed by atoms with Crippen LogP contribution in [0, 0.1) is 6.92 Å². The van der Waals surface area contributed by atoms with E-state index in [1.54, 1.807) is 24.9 Å². The van der Waals surface area contributed by atoms with Gasteiger partial charge >= 0.3 is 0 Å². The van der Waals surface area contributed by atoms with Crippen molar-refractivity contribution >= 4 is 53.1 Å². The Kier molecular flexibility index (Phi) is 9.14. The molecule has 9 heteroatoms. The van der Waals surface area contributed by atoms with Gasteiger partial charge in [-0.05, 0) is 30.7 Å². The summed E-state index contributed by atoms with van der Waals surface area (Å²) in [7, 11) is 1.63. The number of hydrogen-bond acceptors (Lipinski definition) is 8. The molecular weight excluding hydrogens is 448 g/mol. The summed E-state index contributed by atoms with van der Waals surface area (Å²) in [5.41, 5.74) is 5.94. The lowest BCUT2D eigenvalue weighted by Gasteiger charge is -2.02. The van der Waals surface area contributed by atoms with Gasteiger partial charge in [0.1, 0.15) is 5.75 Å². The van der Waals surface area contributed by atoms with E-state index in [1.165, 1.54) is 40.4 Å². The molecule has 0 saturated carbocycles. The van der Waals surface area contributed by atoms with Crippen LogP contribution in [0.2, 0.25) is 0 Å². The third-order valence-corrected chi connectivity index (χ3v) is 7.22. The first-order chi connectivity index (χ1) is 15.1. The third kappa shape index (κ3) is 7.86. The van der Waals surface area contributed by atoms with Crippen molar-refractivity contribution in [3.63, 3.8) is 0 Å². The van der Waals surface area contributed by atoms with Crippen molar-refractivity contribution in [2.24, 2.45) is 5.10 Å². The number of rotatable bonds is 10. The van der Waals surface area contributed by atoms with Crippen molar-refractivity contribution in [1.29, 1.82) is 0 Å². The van der Waals surface area contributed by atoms with Gasteiger partial charge in [0.15, 0.2) is 8.68 Å². The van der Waals surface area contributed by atoms with E-state index in [-0.39, 0.29) is 11.7 Å². The van der Waals surface area contributed by atoms with E-state index in [4.69, 9.17) is 4.74 Å². The first kappa shape index (κ1) is 23.1. The minimum absolute atomic E-state index is 0.198. The number of ether oxygens (including phenoxy) is 1. The molecule has 0 aliphatic heterocycles. The average molecular weight is 471 g/mol. The molecule has 0 fully saturated rings. The summed E-state index contributed by atoms with van der Waals surface area (Å²) in [6, 6.07) is 16.1. The van der Waals surface area contributed by atoms with Crippen LogP contribution in [-0.2, 0) is 10.5 Å². The second-order valence-electron chi connectivity index (χ2n) is 6.31. The molecule has 0 radical (unpaired) electrons. The lowest BCUT2D eigenvalue weighted by molar-refractivity contribution is -0.118. The van der Waals surface area contributed by atoms with E-state index in [2.05, 4.69) is 51.9 Å². The van der Waals surface area contributed by atoms with Gasteiger partial charge in [0.2, 0.25) is 0 Å². The number of aryl methyl sites for hydroxylation is 1. The molecule has 0 atom stereocenters. The number of hydrazone groups is 1. The molecule has 0 unspecified atom stereocenters. The maximum atomic E-state index is 12.0. The topological polar surface area (TPSA) is 76.5 Å². The number of carbonyl (C=O) groups excluding carboxylic acids is 1. The predicted molar refractivity (Wildman–Crippen MR) is 130 cm³/mol. The smallest absolute Gasteiger partial charge is 0.250 e. The monoisotopic (exact) mass is 470 g/mol. The number of amides is 1. The Morgan fingerprint density at radius 3 is 2.65 bits per heavy atom. The van der Waals surface area contributed by atoms with Crippen LogP contribution in [0.5, 0.6) is 5.75 Å². The molecule has 1 aromatic heterocycles. The molecule has 6 nitrogen and oxygen atoms in total. The highest BCUT2D eigenvalue weighted by Gasteiger charge is 2.08. The summed E-state index contributed by atoms with van der Waals surface area (Å²) in [5.74, 6) is 1.65. The summed E-state index contributed by atoms with van der Waals surface area (Å²) < 4.78 is 6.94. The Morgan fingerprint density at radius 1 is 1.13 bits per heavy atom. The maximum absolute atomic E-state index is 12.0. The zero-order chi connectivity index (χ0) is 21.9. The number of para-hydroxylation sites is 1. The minimum Gasteiger partial charge on any atom is -0.496 e. The second-order valence-corrected chi connectivity index (χ2v) is 9.73. The van der Waals surface area contributed by atoms with Gasteiger partial charge in [-0.15, -0.1) is 10.2 Å². The molecule has 1 amide bonds. The Labute approximate surface area is 194 Å². The number of benzene rings is 2. The molecule has 0 spiro atoms. The molecule has 160 valence electrons. The highest BCUT2D eigenvalue weighted by molar-refractivity contribution is 8.03. The molecule has 2 aromatic carbocycles. The van der Waals surface area contributed by atoms with Crippen LogP contribution in [0.1, 0.15) is 16.7 Å². The van der Waals surface area contributed by atoms with E-state index in [0.717, 1.165) is 25.7 Å². The quantitative estimate of drug-likeness (QED) is 0.254. The molecule has 0 bridgehead atoms. The Morgan fingerprint density at radius 2 is 1.87 bits per heavy atom. The standard InChI is InChI=1S/C22H22N4O2S3/c1-16-9-11-17(12-10-16)14-29-21-25-26-22(31-21)30-15-20(27)24-23-13-5-7-18-6-3-4-8-19(18)28-2/h3-13H,14-15H2,1-2H3,(H,24,27)/b7-5+,23-13-. The van der Waals surface area contributed by atoms with Crippen LogP contribution >= 0.6 is 34.9 Å². The molecule has 0 aliphatic carbocycles. The van der Waals surface area contributed by atoms with E-state index in [9.17, 15) is 4.79 Å². The van der Waals surface area contributed by atoms with E-state index >= 15 is 0 Å². The SMILES string of the molecule is COc1ccccc1/C=C/C=N\NC(=O)CSc1nnc(SCc2ccc(C)cc2)s1. The number of hydrogen-bond donors (Lipinski definition) is 1. The molecule has 1 heterocycles. The van der Waals surface area contributed by atoms with Gasteiger partial charge < -0.3 is 4.74 Å². The zero-order valence-corrected chi connectivity index (χ0v) is 19.6. The summed E-state index contributed by atoms with van der Waals surface area (Å²) in [4.78, 5) is 12.0. The number of methoxy groups -OCH3 is 1. The number of nitrogens with zero attached hydrogens (tertiary/aromatic N) is 3. The molecule has 0 aliphatic rings. The highest BCUT2D eigenvalue weighted by atomic mass is 32.2. The predicted octanol–water partition coefficient (Wildman–Crippen LogP) is 5.05. The molecule has 3 aromatic rings. The van der Waals surface area contributed by atoms with Crippen molar-refractivity contribution in [3.8, 4) is 5.75 Å². The lowest BCUT2D eigenvalue weighted by Crippen LogP contribution is -2.19. The minimum atomic E-state index is -0.198.